The van der Waals surface area contributed by atoms with Crippen LogP contribution >= 0.6 is 0 Å². The maximum Gasteiger partial charge on any atom is 0.321 e. The van der Waals surface area contributed by atoms with E-state index in [-0.39, 0.29) is 0 Å². The maximum absolute atomic E-state index is 5.87. The normalized spacial score (nSPS) is 14.2. The predicted molar refractivity (Wildman–Crippen MR) is 82.6 cm³/mol. The summed E-state index contributed by atoms with van der Waals surface area (Å²) in [5.41, 5.74) is 4.53. The molecule has 1 N–H and O–H groups in total. The van der Waals surface area contributed by atoms with E-state index in [1.807, 2.05) is 19.3 Å². The molecule has 1 fully saturated rings. The Morgan fingerprint density at radius 3 is 2.43 bits per heavy atom. The van der Waals surface area contributed by atoms with Crippen molar-refractivity contribution < 1.29 is 4.74 Å². The molecule has 0 amide bonds. The molecule has 3 rings (SSSR count). The van der Waals surface area contributed by atoms with Crippen molar-refractivity contribution in [1.82, 2.24) is 15.3 Å². The van der Waals surface area contributed by atoms with Gasteiger partial charge in [-0.25, -0.2) is 9.97 Å². The summed E-state index contributed by atoms with van der Waals surface area (Å²) in [6.45, 7) is 7.00. The summed E-state index contributed by atoms with van der Waals surface area (Å²) >= 11 is 0. The number of nitrogens with zero attached hydrogens (tertiary/aromatic N) is 2. The predicted octanol–water partition coefficient (Wildman–Crippen LogP) is 3.45. The van der Waals surface area contributed by atoms with E-state index in [4.69, 9.17) is 4.74 Å². The lowest BCUT2D eigenvalue weighted by molar-refractivity contribution is 0.434. The molecule has 0 radical (unpaired) electrons. The van der Waals surface area contributed by atoms with E-state index in [1.54, 1.807) is 0 Å². The lowest BCUT2D eigenvalue weighted by Crippen LogP contribution is -2.15. The van der Waals surface area contributed by atoms with Gasteiger partial charge in [-0.2, -0.15) is 0 Å². The van der Waals surface area contributed by atoms with Gasteiger partial charge in [-0.3, -0.25) is 0 Å². The SMILES string of the molecule is Cc1ccc(C)c(Oc2ncc(CNC3CC3)cn2)c1C. The lowest BCUT2D eigenvalue weighted by atomic mass is 10.1. The highest BCUT2D eigenvalue weighted by Gasteiger charge is 2.20. The minimum atomic E-state index is 0.405. The zero-order valence-electron chi connectivity index (χ0n) is 12.8. The highest BCUT2D eigenvalue weighted by Crippen LogP contribution is 2.28. The highest BCUT2D eigenvalue weighted by atomic mass is 16.5. The molecule has 4 nitrogen and oxygen atoms in total. The minimum absolute atomic E-state index is 0.405. The summed E-state index contributed by atoms with van der Waals surface area (Å²) in [6.07, 6.45) is 6.23. The van der Waals surface area contributed by atoms with E-state index in [1.165, 1.54) is 18.4 Å². The molecule has 4 heteroatoms. The van der Waals surface area contributed by atoms with Gasteiger partial charge in [-0.15, -0.1) is 0 Å². The Kier molecular flexibility index (Phi) is 3.88. The monoisotopic (exact) mass is 283 g/mol. The van der Waals surface area contributed by atoms with Crippen LogP contribution in [0.4, 0.5) is 0 Å². The summed E-state index contributed by atoms with van der Waals surface area (Å²) in [5, 5.41) is 3.45. The molecule has 1 aromatic carbocycles. The van der Waals surface area contributed by atoms with E-state index in [0.717, 1.165) is 29.0 Å². The van der Waals surface area contributed by atoms with Crippen LogP contribution in [0.1, 0.15) is 35.1 Å². The Morgan fingerprint density at radius 1 is 1.10 bits per heavy atom. The molecule has 1 aliphatic carbocycles. The second-order valence-electron chi connectivity index (χ2n) is 5.78. The number of nitrogens with one attached hydrogen (secondary N) is 1. The Bertz CT molecular complexity index is 633. The summed E-state index contributed by atoms with van der Waals surface area (Å²) in [7, 11) is 0. The van der Waals surface area contributed by atoms with E-state index in [0.29, 0.717) is 12.1 Å². The van der Waals surface area contributed by atoms with Crippen molar-refractivity contribution >= 4 is 0 Å². The first-order valence-electron chi connectivity index (χ1n) is 7.42. The highest BCUT2D eigenvalue weighted by molar-refractivity contribution is 5.45. The number of benzene rings is 1. The largest absolute Gasteiger partial charge is 0.424 e. The molecule has 0 aliphatic heterocycles. The van der Waals surface area contributed by atoms with Crippen molar-refractivity contribution in [2.24, 2.45) is 0 Å². The molecule has 2 aromatic rings. The Labute approximate surface area is 125 Å². The molecule has 0 atom stereocenters. The van der Waals surface area contributed by atoms with Gasteiger partial charge in [0.2, 0.25) is 0 Å². The van der Waals surface area contributed by atoms with Crippen molar-refractivity contribution in [3.8, 4) is 11.8 Å². The van der Waals surface area contributed by atoms with E-state index in [9.17, 15) is 0 Å². The van der Waals surface area contributed by atoms with Crippen LogP contribution in [0.2, 0.25) is 0 Å². The first kappa shape index (κ1) is 14.0. The zero-order valence-corrected chi connectivity index (χ0v) is 12.8. The third kappa shape index (κ3) is 3.39. The molecule has 0 saturated heterocycles. The molecule has 0 unspecified atom stereocenters. The summed E-state index contributed by atoms with van der Waals surface area (Å²) < 4.78 is 5.87. The average Bonchev–Trinajstić information content (AvgIpc) is 3.31. The van der Waals surface area contributed by atoms with E-state index < -0.39 is 0 Å². The van der Waals surface area contributed by atoms with Gasteiger partial charge in [0.15, 0.2) is 0 Å². The van der Waals surface area contributed by atoms with Crippen molar-refractivity contribution in [2.75, 3.05) is 0 Å². The number of hydrogen-bond acceptors (Lipinski definition) is 4. The third-order valence-electron chi connectivity index (χ3n) is 3.92. The van der Waals surface area contributed by atoms with Gasteiger partial charge in [0.1, 0.15) is 5.75 Å². The van der Waals surface area contributed by atoms with Gasteiger partial charge in [0.25, 0.3) is 0 Å². The first-order chi connectivity index (χ1) is 10.1. The molecule has 110 valence electrons. The van der Waals surface area contributed by atoms with Crippen molar-refractivity contribution in [3.63, 3.8) is 0 Å². The molecule has 1 aliphatic rings. The van der Waals surface area contributed by atoms with Gasteiger partial charge in [0, 0.05) is 30.5 Å². The molecule has 0 spiro atoms. The maximum atomic E-state index is 5.87. The quantitative estimate of drug-likeness (QED) is 0.913. The Morgan fingerprint density at radius 2 is 1.76 bits per heavy atom. The molecule has 0 bridgehead atoms. The zero-order chi connectivity index (χ0) is 14.8. The van der Waals surface area contributed by atoms with Gasteiger partial charge < -0.3 is 10.1 Å². The molecular formula is C17H21N3O. The second kappa shape index (κ2) is 5.82. The standard InChI is InChI=1S/C17H21N3O/c1-11-4-5-12(2)16(13(11)3)21-17-19-9-14(10-20-17)8-18-15-6-7-15/h4-5,9-10,15,18H,6-8H2,1-3H3. The number of rotatable bonds is 5. The Balaban J connectivity index is 1.71. The Hall–Kier alpha value is -1.94. The van der Waals surface area contributed by atoms with Crippen LogP contribution in [0.3, 0.4) is 0 Å². The second-order valence-corrected chi connectivity index (χ2v) is 5.78. The van der Waals surface area contributed by atoms with Crippen molar-refractivity contribution in [2.45, 2.75) is 46.2 Å². The smallest absolute Gasteiger partial charge is 0.321 e. The minimum Gasteiger partial charge on any atom is -0.424 e. The fraction of sp³-hybridized carbons (Fsp3) is 0.412. The lowest BCUT2D eigenvalue weighted by Gasteiger charge is -2.12. The number of aryl methyl sites for hydroxylation is 2. The van der Waals surface area contributed by atoms with Gasteiger partial charge >= 0.3 is 6.01 Å². The average molecular weight is 283 g/mol. The third-order valence-corrected chi connectivity index (χ3v) is 3.92. The summed E-state index contributed by atoms with van der Waals surface area (Å²) in [5.74, 6) is 0.860. The van der Waals surface area contributed by atoms with Crippen LogP contribution in [0, 0.1) is 20.8 Å². The number of ether oxygens (including phenoxy) is 1. The van der Waals surface area contributed by atoms with Crippen LogP contribution in [0.25, 0.3) is 0 Å². The van der Waals surface area contributed by atoms with Gasteiger partial charge in [-0.1, -0.05) is 12.1 Å². The topological polar surface area (TPSA) is 47.0 Å². The van der Waals surface area contributed by atoms with Crippen LogP contribution < -0.4 is 10.1 Å². The van der Waals surface area contributed by atoms with E-state index >= 15 is 0 Å². The fourth-order valence-corrected chi connectivity index (χ4v) is 2.21. The summed E-state index contributed by atoms with van der Waals surface area (Å²) in [6, 6.07) is 5.26. The summed E-state index contributed by atoms with van der Waals surface area (Å²) in [4.78, 5) is 8.62. The molecule has 21 heavy (non-hydrogen) atoms. The molecule has 1 aromatic heterocycles. The van der Waals surface area contributed by atoms with Crippen LogP contribution in [-0.2, 0) is 6.54 Å². The molecule has 1 saturated carbocycles. The van der Waals surface area contributed by atoms with Crippen LogP contribution in [-0.4, -0.2) is 16.0 Å². The van der Waals surface area contributed by atoms with Crippen LogP contribution in [0.15, 0.2) is 24.5 Å². The van der Waals surface area contributed by atoms with Gasteiger partial charge in [-0.05, 0) is 50.3 Å². The number of hydrogen-bond donors (Lipinski definition) is 1. The van der Waals surface area contributed by atoms with Crippen molar-refractivity contribution in [3.05, 3.63) is 46.8 Å². The van der Waals surface area contributed by atoms with Crippen LogP contribution in [0.5, 0.6) is 11.8 Å². The van der Waals surface area contributed by atoms with Gasteiger partial charge in [0.05, 0.1) is 0 Å². The van der Waals surface area contributed by atoms with Crippen molar-refractivity contribution in [1.29, 1.82) is 0 Å². The molecule has 1 heterocycles. The fourth-order valence-electron chi connectivity index (χ4n) is 2.21. The number of aromatic nitrogens is 2. The van der Waals surface area contributed by atoms with E-state index in [2.05, 4.69) is 41.3 Å². The first-order valence-corrected chi connectivity index (χ1v) is 7.42. The molecular weight excluding hydrogens is 262 g/mol.